The Morgan fingerprint density at radius 1 is 0.967 bits per heavy atom. The fourth-order valence-electron chi connectivity index (χ4n) is 8.32. The molecular weight excluding hydrogens is 395 g/mol. The number of fused-ring (bicyclic) bond motifs is 5. The van der Waals surface area contributed by atoms with Gasteiger partial charge < -0.3 is 10.2 Å². The van der Waals surface area contributed by atoms with Crippen LogP contribution in [0.5, 0.6) is 0 Å². The quantitative estimate of drug-likeness (QED) is 0.571. The van der Waals surface area contributed by atoms with Crippen molar-refractivity contribution in [1.29, 1.82) is 0 Å². The van der Waals surface area contributed by atoms with Crippen LogP contribution in [0.25, 0.3) is 0 Å². The van der Waals surface area contributed by atoms with E-state index >= 15 is 0 Å². The molecule has 0 aliphatic heterocycles. The lowest BCUT2D eigenvalue weighted by Crippen LogP contribution is -2.57. The molecular formula is C26H37FO2S. The van der Waals surface area contributed by atoms with Crippen LogP contribution in [0.2, 0.25) is 0 Å². The van der Waals surface area contributed by atoms with Gasteiger partial charge in [-0.3, -0.25) is 0 Å². The Kier molecular flexibility index (Phi) is 5.31. The molecule has 0 spiro atoms. The van der Waals surface area contributed by atoms with Crippen LogP contribution in [0.3, 0.4) is 0 Å². The van der Waals surface area contributed by atoms with Gasteiger partial charge in [0.1, 0.15) is 5.82 Å². The molecule has 1 aromatic rings. The Morgan fingerprint density at radius 3 is 2.47 bits per heavy atom. The number of aliphatic hydroxyl groups is 2. The zero-order chi connectivity index (χ0) is 21.1. The second kappa shape index (κ2) is 7.49. The summed E-state index contributed by atoms with van der Waals surface area (Å²) in [7, 11) is 0. The molecule has 8 atom stereocenters. The van der Waals surface area contributed by atoms with E-state index in [1.807, 2.05) is 12.1 Å². The number of thioether (sulfide) groups is 1. The van der Waals surface area contributed by atoms with Crippen molar-refractivity contribution < 1.29 is 14.6 Å². The number of rotatable bonds is 3. The first-order chi connectivity index (χ1) is 14.3. The fourth-order valence-corrected chi connectivity index (χ4v) is 9.52. The predicted molar refractivity (Wildman–Crippen MR) is 120 cm³/mol. The van der Waals surface area contributed by atoms with E-state index < -0.39 is 5.60 Å². The van der Waals surface area contributed by atoms with Crippen LogP contribution in [0.4, 0.5) is 4.39 Å². The summed E-state index contributed by atoms with van der Waals surface area (Å²) < 4.78 is 13.2. The Morgan fingerprint density at radius 2 is 1.70 bits per heavy atom. The third kappa shape index (κ3) is 3.19. The van der Waals surface area contributed by atoms with Gasteiger partial charge in [-0.05, 0) is 111 Å². The van der Waals surface area contributed by atoms with Gasteiger partial charge in [0.25, 0.3) is 0 Å². The smallest absolute Gasteiger partial charge is 0.123 e. The molecule has 30 heavy (non-hydrogen) atoms. The molecule has 0 saturated heterocycles. The van der Waals surface area contributed by atoms with Crippen molar-refractivity contribution in [2.24, 2.45) is 34.5 Å². The molecule has 2 N–H and O–H groups in total. The summed E-state index contributed by atoms with van der Waals surface area (Å²) >= 11 is 1.68. The molecule has 4 aliphatic rings. The zero-order valence-corrected chi connectivity index (χ0v) is 19.3. The molecule has 0 radical (unpaired) electrons. The van der Waals surface area contributed by atoms with Crippen LogP contribution in [0.1, 0.15) is 71.6 Å². The highest BCUT2D eigenvalue weighted by Crippen LogP contribution is 2.68. The number of hydrogen-bond acceptors (Lipinski definition) is 3. The molecule has 0 amide bonds. The van der Waals surface area contributed by atoms with Crippen molar-refractivity contribution in [3.8, 4) is 0 Å². The first kappa shape index (κ1) is 21.3. The van der Waals surface area contributed by atoms with Gasteiger partial charge in [0, 0.05) is 16.1 Å². The largest absolute Gasteiger partial charge is 0.393 e. The van der Waals surface area contributed by atoms with Crippen molar-refractivity contribution in [1.82, 2.24) is 0 Å². The molecule has 4 heteroatoms. The molecule has 1 aromatic carbocycles. The molecule has 5 rings (SSSR count). The van der Waals surface area contributed by atoms with Gasteiger partial charge in [0.05, 0.1) is 11.7 Å². The molecule has 0 bridgehead atoms. The molecule has 166 valence electrons. The Balaban J connectivity index is 1.34. The highest BCUT2D eigenvalue weighted by Gasteiger charge is 2.64. The average Bonchev–Trinajstić information content (AvgIpc) is 2.99. The van der Waals surface area contributed by atoms with Gasteiger partial charge in [-0.15, -0.1) is 11.8 Å². The zero-order valence-electron chi connectivity index (χ0n) is 18.4. The summed E-state index contributed by atoms with van der Waals surface area (Å²) in [6.07, 6.45) is 9.96. The maximum Gasteiger partial charge on any atom is 0.123 e. The second-order valence-corrected chi connectivity index (χ2v) is 12.4. The van der Waals surface area contributed by atoms with Crippen LogP contribution in [-0.4, -0.2) is 27.7 Å². The summed E-state index contributed by atoms with van der Waals surface area (Å²) in [6.45, 7) is 4.89. The molecule has 4 saturated carbocycles. The SMILES string of the molecule is C[C@]12CCC3C(CC[C@@H]4C[C@H](O)CC[C@]34C)C1CC[C@]2(O)CSc1ccc(F)cc1. The van der Waals surface area contributed by atoms with Gasteiger partial charge in [0.15, 0.2) is 0 Å². The first-order valence-electron chi connectivity index (χ1n) is 12.0. The van der Waals surface area contributed by atoms with Gasteiger partial charge in [-0.1, -0.05) is 13.8 Å². The fraction of sp³-hybridized carbons (Fsp3) is 0.769. The van der Waals surface area contributed by atoms with Crippen LogP contribution < -0.4 is 0 Å². The van der Waals surface area contributed by atoms with E-state index in [0.717, 1.165) is 48.8 Å². The van der Waals surface area contributed by atoms with Gasteiger partial charge in [0.2, 0.25) is 0 Å². The minimum absolute atomic E-state index is 0.0153. The van der Waals surface area contributed by atoms with Gasteiger partial charge in [-0.2, -0.15) is 0 Å². The lowest BCUT2D eigenvalue weighted by molar-refractivity contribution is -0.152. The number of halogens is 1. The van der Waals surface area contributed by atoms with E-state index in [-0.39, 0.29) is 17.3 Å². The summed E-state index contributed by atoms with van der Waals surface area (Å²) in [5.74, 6) is 3.28. The van der Waals surface area contributed by atoms with E-state index in [4.69, 9.17) is 0 Å². The highest BCUT2D eigenvalue weighted by molar-refractivity contribution is 7.99. The maximum absolute atomic E-state index is 13.2. The number of hydrogen-bond donors (Lipinski definition) is 2. The topological polar surface area (TPSA) is 40.5 Å². The summed E-state index contributed by atoms with van der Waals surface area (Å²) in [5.41, 5.74) is -0.270. The summed E-state index contributed by atoms with van der Waals surface area (Å²) in [4.78, 5) is 1.04. The average molecular weight is 433 g/mol. The summed E-state index contributed by atoms with van der Waals surface area (Å²) in [5, 5.41) is 22.1. The molecule has 3 unspecified atom stereocenters. The van der Waals surface area contributed by atoms with E-state index in [1.165, 1.54) is 37.8 Å². The molecule has 4 aliphatic carbocycles. The predicted octanol–water partition coefficient (Wildman–Crippen LogP) is 6.05. The standard InChI is InChI=1S/C26H37FO2S/c1-24-12-9-19(28)15-17(24)3-8-21-22(24)10-13-25(2)23(21)11-14-26(25,29)16-30-20-6-4-18(27)5-7-20/h4-7,17,19,21-23,28-29H,3,8-16H2,1-2H3/t17-,19-,21?,22?,23?,24+,25+,26+/m1/s1. The molecule has 0 heterocycles. The van der Waals surface area contributed by atoms with Gasteiger partial charge >= 0.3 is 0 Å². The summed E-state index contributed by atoms with van der Waals surface area (Å²) in [6, 6.07) is 6.68. The minimum atomic E-state index is -0.637. The number of aliphatic hydroxyl groups excluding tert-OH is 1. The van der Waals surface area contributed by atoms with Crippen molar-refractivity contribution >= 4 is 11.8 Å². The van der Waals surface area contributed by atoms with Gasteiger partial charge in [-0.25, -0.2) is 4.39 Å². The minimum Gasteiger partial charge on any atom is -0.393 e. The molecule has 0 aromatic heterocycles. The lowest BCUT2D eigenvalue weighted by Gasteiger charge is -2.61. The van der Waals surface area contributed by atoms with Crippen molar-refractivity contribution in [3.63, 3.8) is 0 Å². The van der Waals surface area contributed by atoms with Crippen LogP contribution in [0.15, 0.2) is 29.2 Å². The monoisotopic (exact) mass is 432 g/mol. The highest BCUT2D eigenvalue weighted by atomic mass is 32.2. The van der Waals surface area contributed by atoms with Crippen LogP contribution in [-0.2, 0) is 0 Å². The third-order valence-electron chi connectivity index (χ3n) is 10.3. The normalized spacial score (nSPS) is 48.0. The van der Waals surface area contributed by atoms with E-state index in [1.54, 1.807) is 11.8 Å². The van der Waals surface area contributed by atoms with Crippen molar-refractivity contribution in [3.05, 3.63) is 30.1 Å². The Labute approximate surface area is 185 Å². The molecule has 2 nitrogen and oxygen atoms in total. The van der Waals surface area contributed by atoms with Crippen molar-refractivity contribution in [2.75, 3.05) is 5.75 Å². The second-order valence-electron chi connectivity index (χ2n) is 11.4. The molecule has 4 fully saturated rings. The maximum atomic E-state index is 13.2. The Bertz CT molecular complexity index is 784. The lowest BCUT2D eigenvalue weighted by atomic mass is 9.44. The van der Waals surface area contributed by atoms with E-state index in [0.29, 0.717) is 23.0 Å². The van der Waals surface area contributed by atoms with Crippen molar-refractivity contribution in [2.45, 2.75) is 88.2 Å². The third-order valence-corrected chi connectivity index (χ3v) is 11.5. The van der Waals surface area contributed by atoms with Crippen LogP contribution >= 0.6 is 11.8 Å². The Hall–Kier alpha value is -0.580. The van der Waals surface area contributed by atoms with E-state index in [9.17, 15) is 14.6 Å². The number of benzene rings is 1. The first-order valence-corrected chi connectivity index (χ1v) is 13.0. The van der Waals surface area contributed by atoms with Crippen LogP contribution in [0, 0.1) is 40.3 Å². The van der Waals surface area contributed by atoms with E-state index in [2.05, 4.69) is 13.8 Å².